The summed E-state index contributed by atoms with van der Waals surface area (Å²) in [5.41, 5.74) is 3.41. The third-order valence-electron chi connectivity index (χ3n) is 3.13. The van der Waals surface area contributed by atoms with E-state index in [4.69, 9.17) is 19.4 Å². The van der Waals surface area contributed by atoms with E-state index in [1.807, 2.05) is 26.8 Å². The lowest BCUT2D eigenvalue weighted by Gasteiger charge is -2.15. The van der Waals surface area contributed by atoms with Gasteiger partial charge in [0.1, 0.15) is 24.5 Å². The fourth-order valence-electron chi connectivity index (χ4n) is 2.24. The molecule has 1 fully saturated rings. The van der Waals surface area contributed by atoms with E-state index in [0.717, 1.165) is 16.7 Å². The molecule has 1 heterocycles. The molecule has 106 valence electrons. The molecule has 2 rings (SSSR count). The average Bonchev–Trinajstić information content (AvgIpc) is 2.80. The first-order valence-electron chi connectivity index (χ1n) is 6.20. The van der Waals surface area contributed by atoms with E-state index in [2.05, 4.69) is 11.1 Å². The number of rotatable bonds is 3. The van der Waals surface area contributed by atoms with Crippen molar-refractivity contribution in [1.29, 1.82) is 0 Å². The van der Waals surface area contributed by atoms with Gasteiger partial charge in [0, 0.05) is 5.56 Å². The Balaban J connectivity index is 2.20. The lowest BCUT2D eigenvalue weighted by molar-refractivity contribution is 0.0980. The van der Waals surface area contributed by atoms with Gasteiger partial charge in [-0.25, -0.2) is 4.79 Å². The Hall–Kier alpha value is -2.42. The van der Waals surface area contributed by atoms with Gasteiger partial charge in [0.15, 0.2) is 6.10 Å². The molecule has 1 aromatic rings. The van der Waals surface area contributed by atoms with Crippen molar-refractivity contribution in [3.63, 3.8) is 0 Å². The van der Waals surface area contributed by atoms with Crippen molar-refractivity contribution in [1.82, 2.24) is 0 Å². The highest BCUT2D eigenvalue weighted by atomic mass is 16.8. The first kappa shape index (κ1) is 14.0. The van der Waals surface area contributed by atoms with Crippen LogP contribution in [0.5, 0.6) is 5.75 Å². The SMILES string of the molecule is Cc1cc(C)c(OCC2COC(=O)O2)c(C)c1C#[N+]O. The van der Waals surface area contributed by atoms with Gasteiger partial charge in [0.25, 0.3) is 0 Å². The molecule has 0 spiro atoms. The van der Waals surface area contributed by atoms with E-state index in [1.54, 1.807) is 0 Å². The molecule has 1 aromatic carbocycles. The van der Waals surface area contributed by atoms with Gasteiger partial charge in [-0.3, -0.25) is 0 Å². The number of carbonyl (C=O) groups excluding carboxylic acids is 1. The second-order valence-electron chi connectivity index (χ2n) is 4.66. The maximum atomic E-state index is 10.8. The summed E-state index contributed by atoms with van der Waals surface area (Å²) in [5, 5.41) is 11.6. The number of aryl methyl sites for hydroxylation is 2. The highest BCUT2D eigenvalue weighted by Gasteiger charge is 2.26. The van der Waals surface area contributed by atoms with Gasteiger partial charge in [-0.1, -0.05) is 6.07 Å². The molecule has 20 heavy (non-hydrogen) atoms. The summed E-state index contributed by atoms with van der Waals surface area (Å²) in [4.78, 5) is 10.8. The normalized spacial score (nSPS) is 16.9. The molecule has 1 aliphatic rings. The fraction of sp³-hybridized carbons (Fsp3) is 0.429. The molecule has 0 amide bonds. The number of carbonyl (C=O) groups is 1. The Morgan fingerprint density at radius 1 is 1.45 bits per heavy atom. The van der Waals surface area contributed by atoms with E-state index in [9.17, 15) is 4.79 Å². The molecule has 1 N–H and O–H groups in total. The molecular weight excluding hydrogens is 262 g/mol. The summed E-state index contributed by atoms with van der Waals surface area (Å²) in [7, 11) is 0. The van der Waals surface area contributed by atoms with Gasteiger partial charge in [-0.2, -0.15) is 5.21 Å². The molecule has 1 saturated heterocycles. The van der Waals surface area contributed by atoms with Gasteiger partial charge in [0.05, 0.1) is 0 Å². The second kappa shape index (κ2) is 5.70. The monoisotopic (exact) mass is 278 g/mol. The molecule has 0 radical (unpaired) electrons. The number of benzene rings is 1. The van der Waals surface area contributed by atoms with Crippen molar-refractivity contribution >= 4 is 6.16 Å². The lowest BCUT2D eigenvalue weighted by Crippen LogP contribution is -2.20. The van der Waals surface area contributed by atoms with Crippen LogP contribution in [0.1, 0.15) is 22.3 Å². The minimum atomic E-state index is -0.669. The van der Waals surface area contributed by atoms with Crippen molar-refractivity contribution in [3.8, 4) is 11.8 Å². The summed E-state index contributed by atoms with van der Waals surface area (Å²) < 4.78 is 15.3. The van der Waals surface area contributed by atoms with Gasteiger partial charge in [0.2, 0.25) is 5.01 Å². The predicted octanol–water partition coefficient (Wildman–Crippen LogP) is 2.60. The van der Waals surface area contributed by atoms with Crippen LogP contribution in [0, 0.1) is 26.8 Å². The zero-order valence-corrected chi connectivity index (χ0v) is 11.6. The summed E-state index contributed by atoms with van der Waals surface area (Å²) in [5.74, 6) is 0.671. The quantitative estimate of drug-likeness (QED) is 0.680. The zero-order valence-electron chi connectivity index (χ0n) is 11.6. The van der Waals surface area contributed by atoms with Gasteiger partial charge >= 0.3 is 12.2 Å². The highest BCUT2D eigenvalue weighted by Crippen LogP contribution is 2.29. The van der Waals surface area contributed by atoms with Crippen molar-refractivity contribution in [2.45, 2.75) is 26.9 Å². The van der Waals surface area contributed by atoms with Crippen LogP contribution in [0.4, 0.5) is 4.79 Å². The standard InChI is InChI=1S/C14H15NO5/c1-8-4-9(2)13(10(3)12(8)5-15-17)18-6-11-7-19-14(16)20-11/h4,11H,6-7H2,1-3H3/p+1. The zero-order chi connectivity index (χ0) is 14.7. The molecule has 0 bridgehead atoms. The smallest absolute Gasteiger partial charge is 0.489 e. The predicted molar refractivity (Wildman–Crippen MR) is 70.5 cm³/mol. The summed E-state index contributed by atoms with van der Waals surface area (Å²) in [6, 6.07) is 4.46. The molecule has 0 saturated carbocycles. The molecule has 1 unspecified atom stereocenters. The van der Waals surface area contributed by atoms with Crippen molar-refractivity contribution in [3.05, 3.63) is 33.3 Å². The topological polar surface area (TPSA) is 69.4 Å². The fourth-order valence-corrected chi connectivity index (χ4v) is 2.24. The van der Waals surface area contributed by atoms with Gasteiger partial charge in [-0.05, 0) is 31.9 Å². The second-order valence-corrected chi connectivity index (χ2v) is 4.66. The number of nitrogens with zero attached hydrogens (tertiary/aromatic N) is 1. The van der Waals surface area contributed by atoms with E-state index in [-0.39, 0.29) is 13.2 Å². The lowest BCUT2D eigenvalue weighted by atomic mass is 9.99. The molecule has 0 aliphatic carbocycles. The molecule has 0 aromatic heterocycles. The van der Waals surface area contributed by atoms with Crippen LogP contribution in [-0.2, 0) is 9.47 Å². The Kier molecular flexibility index (Phi) is 3.99. The summed E-state index contributed by atoms with van der Waals surface area (Å²) in [6.45, 7) is 6.10. The Morgan fingerprint density at radius 3 is 2.80 bits per heavy atom. The molecule has 1 aliphatic heterocycles. The van der Waals surface area contributed by atoms with Crippen LogP contribution in [0.25, 0.3) is 5.01 Å². The first-order chi connectivity index (χ1) is 9.52. The number of hydrogen-bond acceptors (Lipinski definition) is 5. The van der Waals surface area contributed by atoms with E-state index < -0.39 is 12.3 Å². The minimum Gasteiger partial charge on any atom is -0.489 e. The number of hydrogen-bond donors (Lipinski definition) is 1. The van der Waals surface area contributed by atoms with Crippen LogP contribution in [0.3, 0.4) is 0 Å². The third-order valence-corrected chi connectivity index (χ3v) is 3.13. The highest BCUT2D eigenvalue weighted by molar-refractivity contribution is 5.61. The van der Waals surface area contributed by atoms with Crippen LogP contribution < -0.4 is 4.74 Å². The average molecular weight is 278 g/mol. The Morgan fingerprint density at radius 2 is 2.20 bits per heavy atom. The van der Waals surface area contributed by atoms with Crippen molar-refractivity contribution in [2.75, 3.05) is 13.2 Å². The third kappa shape index (κ3) is 2.77. The maximum Gasteiger partial charge on any atom is 0.508 e. The molecular formula is C14H16NO5+. The first-order valence-corrected chi connectivity index (χ1v) is 6.20. The van der Waals surface area contributed by atoms with Crippen LogP contribution in [0.2, 0.25) is 0 Å². The number of ether oxygens (including phenoxy) is 3. The van der Waals surface area contributed by atoms with Crippen molar-refractivity contribution < 1.29 is 24.2 Å². The molecule has 6 heteroatoms. The summed E-state index contributed by atoms with van der Waals surface area (Å²) >= 11 is 0. The minimum absolute atomic E-state index is 0.194. The Labute approximate surface area is 116 Å². The molecule has 6 nitrogen and oxygen atoms in total. The van der Waals surface area contributed by atoms with Crippen LogP contribution >= 0.6 is 0 Å². The van der Waals surface area contributed by atoms with E-state index in [0.29, 0.717) is 11.3 Å². The van der Waals surface area contributed by atoms with Crippen LogP contribution in [-0.4, -0.2) is 30.7 Å². The summed E-state index contributed by atoms with van der Waals surface area (Å²) in [6.07, 6.45) is -1.07. The largest absolute Gasteiger partial charge is 0.508 e. The van der Waals surface area contributed by atoms with Gasteiger partial charge in [-0.15, -0.1) is 0 Å². The number of cyclic esters (lactones) is 2. The maximum absolute atomic E-state index is 10.8. The van der Waals surface area contributed by atoms with E-state index >= 15 is 0 Å². The Bertz CT molecular complexity index is 600. The molecule has 1 atom stereocenters. The van der Waals surface area contributed by atoms with Crippen molar-refractivity contribution in [2.24, 2.45) is 0 Å². The van der Waals surface area contributed by atoms with Crippen LogP contribution in [0.15, 0.2) is 6.07 Å². The van der Waals surface area contributed by atoms with Gasteiger partial charge < -0.3 is 14.2 Å². The van der Waals surface area contributed by atoms with E-state index in [1.165, 1.54) is 0 Å².